The summed E-state index contributed by atoms with van der Waals surface area (Å²) in [6.45, 7) is 8.64. The second-order valence-corrected chi connectivity index (χ2v) is 6.07. The Balaban J connectivity index is 1.60. The second kappa shape index (κ2) is 6.06. The van der Waals surface area contributed by atoms with Gasteiger partial charge in [0.1, 0.15) is 0 Å². The molecule has 2 heterocycles. The molecule has 2 saturated heterocycles. The number of benzene rings is 1. The maximum absolute atomic E-state index is 12.5. The number of fused-ring (bicyclic) bond motifs is 2. The van der Waals surface area contributed by atoms with Gasteiger partial charge in [-0.2, -0.15) is 0 Å². The highest BCUT2D eigenvalue weighted by Gasteiger charge is 2.45. The minimum Gasteiger partial charge on any atom is -0.325 e. The molecule has 1 aromatic rings. The van der Waals surface area contributed by atoms with Crippen molar-refractivity contribution in [2.24, 2.45) is 0 Å². The Kier molecular flexibility index (Phi) is 4.15. The molecule has 114 valence electrons. The van der Waals surface area contributed by atoms with Gasteiger partial charge >= 0.3 is 6.03 Å². The lowest BCUT2D eigenvalue weighted by Crippen LogP contribution is -2.52. The van der Waals surface area contributed by atoms with Crippen LogP contribution in [0.2, 0.25) is 0 Å². The van der Waals surface area contributed by atoms with E-state index in [9.17, 15) is 4.79 Å². The van der Waals surface area contributed by atoms with Crippen LogP contribution < -0.4 is 0 Å². The van der Waals surface area contributed by atoms with E-state index in [4.69, 9.17) is 0 Å². The topological polar surface area (TPSA) is 26.8 Å². The van der Waals surface area contributed by atoms with Crippen LogP contribution in [0.1, 0.15) is 25.8 Å². The molecule has 4 heteroatoms. The minimum atomic E-state index is 0.229. The van der Waals surface area contributed by atoms with E-state index in [1.165, 1.54) is 5.56 Å². The molecular weight excluding hydrogens is 262 g/mol. The predicted octanol–water partition coefficient (Wildman–Crippen LogP) is 2.41. The Morgan fingerprint density at radius 1 is 1.14 bits per heavy atom. The molecule has 0 spiro atoms. The summed E-state index contributed by atoms with van der Waals surface area (Å²) in [5.74, 6) is 0. The molecule has 2 fully saturated rings. The summed E-state index contributed by atoms with van der Waals surface area (Å²) in [5, 5.41) is 0. The average Bonchev–Trinajstić information content (AvgIpc) is 3.09. The van der Waals surface area contributed by atoms with Crippen LogP contribution in [0.3, 0.4) is 0 Å². The average molecular weight is 287 g/mol. The number of carbonyl (C=O) groups is 1. The van der Waals surface area contributed by atoms with Crippen molar-refractivity contribution >= 4 is 6.03 Å². The van der Waals surface area contributed by atoms with E-state index in [2.05, 4.69) is 54.0 Å². The van der Waals surface area contributed by atoms with Gasteiger partial charge in [-0.25, -0.2) is 4.79 Å². The number of nitrogens with zero attached hydrogens (tertiary/aromatic N) is 3. The first kappa shape index (κ1) is 14.4. The quantitative estimate of drug-likeness (QED) is 0.850. The maximum atomic E-state index is 12.5. The number of hydrogen-bond donors (Lipinski definition) is 0. The fraction of sp³-hybridized carbons (Fsp3) is 0.588. The van der Waals surface area contributed by atoms with Crippen LogP contribution >= 0.6 is 0 Å². The Labute approximate surface area is 127 Å². The first-order valence-electron chi connectivity index (χ1n) is 8.06. The fourth-order valence-electron chi connectivity index (χ4n) is 3.67. The summed E-state index contributed by atoms with van der Waals surface area (Å²) in [4.78, 5) is 19.1. The highest BCUT2D eigenvalue weighted by Crippen LogP contribution is 2.32. The predicted molar refractivity (Wildman–Crippen MR) is 84.1 cm³/mol. The zero-order chi connectivity index (χ0) is 14.8. The van der Waals surface area contributed by atoms with Gasteiger partial charge in [0.05, 0.1) is 0 Å². The highest BCUT2D eigenvalue weighted by atomic mass is 16.2. The first-order valence-corrected chi connectivity index (χ1v) is 8.06. The van der Waals surface area contributed by atoms with Gasteiger partial charge in [-0.15, -0.1) is 0 Å². The van der Waals surface area contributed by atoms with Gasteiger partial charge < -0.3 is 9.80 Å². The van der Waals surface area contributed by atoms with Crippen LogP contribution in [-0.2, 0) is 6.54 Å². The highest BCUT2D eigenvalue weighted by molar-refractivity contribution is 5.75. The van der Waals surface area contributed by atoms with Crippen molar-refractivity contribution in [1.82, 2.24) is 14.7 Å². The third-order valence-corrected chi connectivity index (χ3v) is 4.86. The summed E-state index contributed by atoms with van der Waals surface area (Å²) >= 11 is 0. The Hall–Kier alpha value is -1.55. The molecule has 3 rings (SSSR count). The van der Waals surface area contributed by atoms with Crippen LogP contribution in [0, 0.1) is 0 Å². The number of rotatable bonds is 4. The third kappa shape index (κ3) is 2.77. The van der Waals surface area contributed by atoms with E-state index in [-0.39, 0.29) is 6.03 Å². The van der Waals surface area contributed by atoms with Gasteiger partial charge in [0.15, 0.2) is 0 Å². The van der Waals surface area contributed by atoms with Crippen LogP contribution in [0.5, 0.6) is 0 Å². The number of likely N-dealkylation sites (tertiary alicyclic amines) is 2. The van der Waals surface area contributed by atoms with Crippen molar-refractivity contribution in [2.75, 3.05) is 26.2 Å². The standard InChI is InChI=1S/C17H25N3O/c1-3-18(4-2)17(21)20-13-15-10-16(20)12-19(15)11-14-8-6-5-7-9-14/h5-9,15-16H,3-4,10-13H2,1-2H3. The molecule has 4 nitrogen and oxygen atoms in total. The summed E-state index contributed by atoms with van der Waals surface area (Å²) < 4.78 is 0. The van der Waals surface area contributed by atoms with E-state index in [0.29, 0.717) is 12.1 Å². The van der Waals surface area contributed by atoms with Crippen molar-refractivity contribution in [1.29, 1.82) is 0 Å². The van der Waals surface area contributed by atoms with Crippen molar-refractivity contribution < 1.29 is 4.79 Å². The lowest BCUT2D eigenvalue weighted by molar-refractivity contribution is 0.110. The van der Waals surface area contributed by atoms with Crippen LogP contribution in [0.25, 0.3) is 0 Å². The Bertz CT molecular complexity index is 486. The molecule has 2 aliphatic heterocycles. The summed E-state index contributed by atoms with van der Waals surface area (Å²) in [6.07, 6.45) is 1.14. The van der Waals surface area contributed by atoms with Gasteiger partial charge in [-0.05, 0) is 25.8 Å². The van der Waals surface area contributed by atoms with Crippen molar-refractivity contribution in [3.63, 3.8) is 0 Å². The Morgan fingerprint density at radius 3 is 2.43 bits per heavy atom. The van der Waals surface area contributed by atoms with E-state index >= 15 is 0 Å². The molecule has 21 heavy (non-hydrogen) atoms. The third-order valence-electron chi connectivity index (χ3n) is 4.86. The molecule has 2 atom stereocenters. The monoisotopic (exact) mass is 287 g/mol. The number of amides is 2. The van der Waals surface area contributed by atoms with E-state index < -0.39 is 0 Å². The van der Waals surface area contributed by atoms with E-state index in [0.717, 1.165) is 39.1 Å². The van der Waals surface area contributed by atoms with E-state index in [1.54, 1.807) is 0 Å². The number of piperazine rings is 1. The molecule has 1 aromatic carbocycles. The molecule has 2 amide bonds. The molecule has 2 bridgehead atoms. The fourth-order valence-corrected chi connectivity index (χ4v) is 3.67. The molecule has 2 aliphatic rings. The largest absolute Gasteiger partial charge is 0.325 e. The molecule has 0 radical (unpaired) electrons. The number of urea groups is 1. The minimum absolute atomic E-state index is 0.229. The van der Waals surface area contributed by atoms with Crippen LogP contribution in [0.15, 0.2) is 30.3 Å². The van der Waals surface area contributed by atoms with Gasteiger partial charge in [-0.1, -0.05) is 30.3 Å². The maximum Gasteiger partial charge on any atom is 0.320 e. The smallest absolute Gasteiger partial charge is 0.320 e. The molecule has 2 unspecified atom stereocenters. The lowest BCUT2D eigenvalue weighted by atomic mass is 10.2. The van der Waals surface area contributed by atoms with Crippen molar-refractivity contribution in [2.45, 2.75) is 38.9 Å². The zero-order valence-corrected chi connectivity index (χ0v) is 13.0. The molecule has 0 aromatic heterocycles. The van der Waals surface area contributed by atoms with Crippen LogP contribution in [0.4, 0.5) is 4.79 Å². The normalized spacial score (nSPS) is 24.6. The van der Waals surface area contributed by atoms with Gasteiger partial charge in [0.25, 0.3) is 0 Å². The van der Waals surface area contributed by atoms with E-state index in [1.807, 2.05) is 4.90 Å². The van der Waals surface area contributed by atoms with Gasteiger partial charge in [0, 0.05) is 44.8 Å². The Morgan fingerprint density at radius 2 is 1.86 bits per heavy atom. The van der Waals surface area contributed by atoms with Gasteiger partial charge in [-0.3, -0.25) is 4.90 Å². The molecule has 0 N–H and O–H groups in total. The summed E-state index contributed by atoms with van der Waals surface area (Å²) in [7, 11) is 0. The van der Waals surface area contributed by atoms with Crippen molar-refractivity contribution in [3.8, 4) is 0 Å². The van der Waals surface area contributed by atoms with Crippen LogP contribution in [-0.4, -0.2) is 59.0 Å². The SMILES string of the molecule is CCN(CC)C(=O)N1CC2CC1CN2Cc1ccccc1. The van der Waals surface area contributed by atoms with Gasteiger partial charge in [0.2, 0.25) is 0 Å². The zero-order valence-electron chi connectivity index (χ0n) is 13.0. The molecular formula is C17H25N3O. The number of carbonyl (C=O) groups excluding carboxylic acids is 1. The summed E-state index contributed by atoms with van der Waals surface area (Å²) in [6, 6.07) is 11.8. The molecule has 0 saturated carbocycles. The lowest BCUT2D eigenvalue weighted by Gasteiger charge is -2.36. The van der Waals surface area contributed by atoms with Crippen molar-refractivity contribution in [3.05, 3.63) is 35.9 Å². The molecule has 0 aliphatic carbocycles. The summed E-state index contributed by atoms with van der Waals surface area (Å²) in [5.41, 5.74) is 1.37. The second-order valence-electron chi connectivity index (χ2n) is 6.07. The number of hydrogen-bond acceptors (Lipinski definition) is 2. The first-order chi connectivity index (χ1) is 10.2.